The van der Waals surface area contributed by atoms with Crippen LogP contribution in [0.1, 0.15) is 40.0 Å². The van der Waals surface area contributed by atoms with E-state index in [0.29, 0.717) is 12.3 Å². The number of rotatable bonds is 5. The Bertz CT molecular complexity index is 323. The first-order valence-electron chi connectivity index (χ1n) is 7.03. The van der Waals surface area contributed by atoms with Crippen LogP contribution < -0.4 is 10.6 Å². The van der Waals surface area contributed by atoms with E-state index in [9.17, 15) is 9.59 Å². The van der Waals surface area contributed by atoms with Gasteiger partial charge in [-0.2, -0.15) is 0 Å². The van der Waals surface area contributed by atoms with Crippen LogP contribution in [0.5, 0.6) is 0 Å². The van der Waals surface area contributed by atoms with Crippen LogP contribution in [-0.4, -0.2) is 48.9 Å². The highest BCUT2D eigenvalue weighted by Crippen LogP contribution is 2.14. The molecule has 20 heavy (non-hydrogen) atoms. The summed E-state index contributed by atoms with van der Waals surface area (Å²) >= 11 is 0. The zero-order valence-electron chi connectivity index (χ0n) is 13.0. The molecule has 1 atom stereocenters. The lowest BCUT2D eigenvalue weighted by atomic mass is 10.0. The van der Waals surface area contributed by atoms with Gasteiger partial charge in [-0.25, -0.2) is 0 Å². The summed E-state index contributed by atoms with van der Waals surface area (Å²) in [6.45, 7) is 8.00. The summed E-state index contributed by atoms with van der Waals surface area (Å²) in [5.74, 6) is 0.558. The maximum atomic E-state index is 11.9. The predicted molar refractivity (Wildman–Crippen MR) is 83.0 cm³/mol. The first-order valence-corrected chi connectivity index (χ1v) is 7.03. The van der Waals surface area contributed by atoms with Gasteiger partial charge in [-0.3, -0.25) is 9.59 Å². The molecule has 1 saturated heterocycles. The average Bonchev–Trinajstić information content (AvgIpc) is 2.75. The third kappa shape index (κ3) is 7.70. The summed E-state index contributed by atoms with van der Waals surface area (Å²) in [6.07, 6.45) is 2.60. The van der Waals surface area contributed by atoms with E-state index in [1.807, 2.05) is 20.8 Å². The van der Waals surface area contributed by atoms with Crippen molar-refractivity contribution in [1.29, 1.82) is 0 Å². The molecule has 1 aliphatic rings. The van der Waals surface area contributed by atoms with Gasteiger partial charge in [0.1, 0.15) is 0 Å². The molecule has 1 unspecified atom stereocenters. The maximum Gasteiger partial charge on any atom is 0.240 e. The Labute approximate surface area is 128 Å². The second kappa shape index (κ2) is 8.47. The molecule has 2 N–H and O–H groups in total. The summed E-state index contributed by atoms with van der Waals surface area (Å²) in [5, 5.41) is 6.15. The Balaban J connectivity index is 0.00000361. The Morgan fingerprint density at radius 3 is 2.50 bits per heavy atom. The highest BCUT2D eigenvalue weighted by atomic mass is 35.5. The average molecular weight is 306 g/mol. The van der Waals surface area contributed by atoms with Crippen LogP contribution in [0.2, 0.25) is 0 Å². The Kier molecular flexibility index (Phi) is 8.13. The van der Waals surface area contributed by atoms with Crippen LogP contribution in [0.25, 0.3) is 0 Å². The lowest BCUT2D eigenvalue weighted by Gasteiger charge is -2.23. The summed E-state index contributed by atoms with van der Waals surface area (Å²) in [7, 11) is 1.69. The van der Waals surface area contributed by atoms with Gasteiger partial charge in [0.25, 0.3) is 0 Å². The van der Waals surface area contributed by atoms with E-state index in [-0.39, 0.29) is 36.3 Å². The molecule has 0 spiro atoms. The SMILES string of the molecule is CN(CC(=O)NC(C)(C)C)C(=O)CCC1CCNC1.Cl. The van der Waals surface area contributed by atoms with Gasteiger partial charge in [0.05, 0.1) is 6.54 Å². The zero-order chi connectivity index (χ0) is 14.5. The molecule has 0 bridgehead atoms. The minimum Gasteiger partial charge on any atom is -0.350 e. The molecule has 6 heteroatoms. The Morgan fingerprint density at radius 1 is 1.35 bits per heavy atom. The van der Waals surface area contributed by atoms with Crippen LogP contribution >= 0.6 is 12.4 Å². The van der Waals surface area contributed by atoms with Gasteiger partial charge in [-0.05, 0) is 52.6 Å². The van der Waals surface area contributed by atoms with E-state index in [2.05, 4.69) is 10.6 Å². The molecule has 1 heterocycles. The molecule has 1 aliphatic heterocycles. The van der Waals surface area contributed by atoms with E-state index in [4.69, 9.17) is 0 Å². The number of carbonyl (C=O) groups is 2. The summed E-state index contributed by atoms with van der Waals surface area (Å²) in [5.41, 5.74) is -0.253. The largest absolute Gasteiger partial charge is 0.350 e. The molecule has 118 valence electrons. The Morgan fingerprint density at radius 2 is 2.00 bits per heavy atom. The summed E-state index contributed by atoms with van der Waals surface area (Å²) in [6, 6.07) is 0. The van der Waals surface area contributed by atoms with Crippen LogP contribution in [-0.2, 0) is 9.59 Å². The van der Waals surface area contributed by atoms with Crippen molar-refractivity contribution < 1.29 is 9.59 Å². The highest BCUT2D eigenvalue weighted by molar-refractivity contribution is 5.85. The fourth-order valence-electron chi connectivity index (χ4n) is 2.24. The van der Waals surface area contributed by atoms with E-state index in [0.717, 1.165) is 25.9 Å². The summed E-state index contributed by atoms with van der Waals surface area (Å²) in [4.78, 5) is 25.2. The Hall–Kier alpha value is -0.810. The fourth-order valence-corrected chi connectivity index (χ4v) is 2.24. The number of hydrogen-bond donors (Lipinski definition) is 2. The predicted octanol–water partition coefficient (Wildman–Crippen LogP) is 1.17. The van der Waals surface area contributed by atoms with Crippen molar-refractivity contribution in [2.75, 3.05) is 26.7 Å². The van der Waals surface area contributed by atoms with Gasteiger partial charge < -0.3 is 15.5 Å². The van der Waals surface area contributed by atoms with Crippen molar-refractivity contribution in [3.8, 4) is 0 Å². The lowest BCUT2D eigenvalue weighted by Crippen LogP contribution is -2.46. The van der Waals surface area contributed by atoms with Crippen LogP contribution in [0.15, 0.2) is 0 Å². The van der Waals surface area contributed by atoms with Crippen molar-refractivity contribution in [2.24, 2.45) is 5.92 Å². The molecule has 0 aliphatic carbocycles. The van der Waals surface area contributed by atoms with Crippen molar-refractivity contribution >= 4 is 24.2 Å². The molecule has 0 aromatic rings. The van der Waals surface area contributed by atoms with Crippen molar-refractivity contribution in [3.05, 3.63) is 0 Å². The number of carbonyl (C=O) groups excluding carboxylic acids is 2. The van der Waals surface area contributed by atoms with Crippen molar-refractivity contribution in [3.63, 3.8) is 0 Å². The molecule has 0 saturated carbocycles. The number of nitrogens with zero attached hydrogens (tertiary/aromatic N) is 1. The molecular weight excluding hydrogens is 278 g/mol. The van der Waals surface area contributed by atoms with Crippen LogP contribution in [0.4, 0.5) is 0 Å². The zero-order valence-corrected chi connectivity index (χ0v) is 13.8. The number of hydrogen-bond acceptors (Lipinski definition) is 3. The van der Waals surface area contributed by atoms with Gasteiger partial charge in [-0.15, -0.1) is 12.4 Å². The number of amides is 2. The monoisotopic (exact) mass is 305 g/mol. The van der Waals surface area contributed by atoms with Gasteiger partial charge in [0.15, 0.2) is 0 Å². The van der Waals surface area contributed by atoms with E-state index < -0.39 is 0 Å². The highest BCUT2D eigenvalue weighted by Gasteiger charge is 2.20. The topological polar surface area (TPSA) is 61.4 Å². The maximum absolute atomic E-state index is 11.9. The fraction of sp³-hybridized carbons (Fsp3) is 0.857. The van der Waals surface area contributed by atoms with Gasteiger partial charge in [-0.1, -0.05) is 0 Å². The third-order valence-corrected chi connectivity index (χ3v) is 3.25. The van der Waals surface area contributed by atoms with Crippen LogP contribution in [0.3, 0.4) is 0 Å². The second-order valence-corrected chi connectivity index (χ2v) is 6.45. The summed E-state index contributed by atoms with van der Waals surface area (Å²) < 4.78 is 0. The molecule has 1 fully saturated rings. The quantitative estimate of drug-likeness (QED) is 0.801. The minimum atomic E-state index is -0.253. The van der Waals surface area contributed by atoms with E-state index in [1.54, 1.807) is 7.05 Å². The molecule has 2 amide bonds. The van der Waals surface area contributed by atoms with Crippen molar-refractivity contribution in [1.82, 2.24) is 15.5 Å². The van der Waals surface area contributed by atoms with Gasteiger partial charge >= 0.3 is 0 Å². The van der Waals surface area contributed by atoms with Crippen LogP contribution in [0, 0.1) is 5.92 Å². The van der Waals surface area contributed by atoms with Crippen molar-refractivity contribution in [2.45, 2.75) is 45.6 Å². The smallest absolute Gasteiger partial charge is 0.240 e. The first-order chi connectivity index (χ1) is 8.78. The number of halogens is 1. The minimum absolute atomic E-state index is 0. The number of likely N-dealkylation sites (N-methyl/N-ethyl adjacent to an activating group) is 1. The lowest BCUT2D eigenvalue weighted by molar-refractivity contribution is -0.135. The molecule has 0 radical (unpaired) electrons. The third-order valence-electron chi connectivity index (χ3n) is 3.25. The van der Waals surface area contributed by atoms with Gasteiger partial charge in [0, 0.05) is 19.0 Å². The molecule has 1 rings (SSSR count). The number of nitrogens with one attached hydrogen (secondary N) is 2. The van der Waals surface area contributed by atoms with E-state index in [1.165, 1.54) is 4.90 Å². The molecular formula is C14H28ClN3O2. The molecule has 5 nitrogen and oxygen atoms in total. The standard InChI is InChI=1S/C14H27N3O2.ClH/c1-14(2,3)16-12(18)10-17(4)13(19)6-5-11-7-8-15-9-11;/h11,15H,5-10H2,1-4H3,(H,16,18);1H. The normalized spacial score (nSPS) is 18.3. The second-order valence-electron chi connectivity index (χ2n) is 6.45. The first kappa shape index (κ1) is 19.2. The van der Waals surface area contributed by atoms with Gasteiger partial charge in [0.2, 0.25) is 11.8 Å². The van der Waals surface area contributed by atoms with E-state index >= 15 is 0 Å². The molecule has 0 aromatic heterocycles. The molecule has 0 aromatic carbocycles.